The van der Waals surface area contributed by atoms with Gasteiger partial charge in [0.1, 0.15) is 0 Å². The lowest BCUT2D eigenvalue weighted by Gasteiger charge is -2.08. The molecule has 0 saturated carbocycles. The fourth-order valence-corrected chi connectivity index (χ4v) is 0.624. The Morgan fingerprint density at radius 3 is 2.29 bits per heavy atom. The van der Waals surface area contributed by atoms with Crippen LogP contribution in [0.15, 0.2) is 5.10 Å². The number of ether oxygens (including phenoxy) is 2. The Hall–Kier alpha value is -1.59. The molecule has 0 aromatic rings. The molecule has 1 atom stereocenters. The van der Waals surface area contributed by atoms with Crippen LogP contribution in [0.5, 0.6) is 0 Å². The van der Waals surface area contributed by atoms with Crippen LogP contribution in [-0.4, -0.2) is 32.0 Å². The zero-order chi connectivity index (χ0) is 11.1. The summed E-state index contributed by atoms with van der Waals surface area (Å²) in [6.07, 6.45) is -0.679. The molecule has 1 amide bonds. The molecule has 0 aliphatic rings. The average Bonchev–Trinajstić information content (AvgIpc) is 2.22. The summed E-state index contributed by atoms with van der Waals surface area (Å²) < 4.78 is 8.80. The summed E-state index contributed by atoms with van der Waals surface area (Å²) in [6.45, 7) is 3.24. The molecule has 1 unspecified atom stereocenters. The average molecular weight is 202 g/mol. The predicted molar refractivity (Wildman–Crippen MR) is 49.8 cm³/mol. The molecule has 14 heavy (non-hydrogen) atoms. The van der Waals surface area contributed by atoms with Gasteiger partial charge in [-0.25, -0.2) is 10.2 Å². The van der Waals surface area contributed by atoms with Gasteiger partial charge in [0, 0.05) is 5.71 Å². The van der Waals surface area contributed by atoms with Gasteiger partial charge in [-0.2, -0.15) is 5.10 Å². The van der Waals surface area contributed by atoms with Crippen molar-refractivity contribution in [3.8, 4) is 0 Å². The number of amides is 1. The predicted octanol–water partition coefficient (Wildman–Crippen LogP) is 0.527. The number of nitrogens with zero attached hydrogens (tertiary/aromatic N) is 1. The largest absolute Gasteiger partial charge is 0.469 e. The second-order valence-corrected chi connectivity index (χ2v) is 2.60. The van der Waals surface area contributed by atoms with Gasteiger partial charge in [-0.15, -0.1) is 0 Å². The smallest absolute Gasteiger partial charge is 0.427 e. The standard InChI is InChI=1S/C8H14N2O4/c1-5(7(11)13-3)6(2)9-10-8(12)14-4/h5H,1-4H3,(H,10,12)/b9-6-. The molecule has 0 aliphatic carbocycles. The summed E-state index contributed by atoms with van der Waals surface area (Å²) in [4.78, 5) is 21.6. The van der Waals surface area contributed by atoms with E-state index in [-0.39, 0.29) is 0 Å². The number of hydrogen-bond donors (Lipinski definition) is 1. The number of hydrogen-bond acceptors (Lipinski definition) is 5. The summed E-state index contributed by atoms with van der Waals surface area (Å²) in [5.41, 5.74) is 2.56. The van der Waals surface area contributed by atoms with Crippen LogP contribution in [0.25, 0.3) is 0 Å². The van der Waals surface area contributed by atoms with Gasteiger partial charge in [-0.3, -0.25) is 4.79 Å². The van der Waals surface area contributed by atoms with Crippen molar-refractivity contribution in [3.63, 3.8) is 0 Å². The fraction of sp³-hybridized carbons (Fsp3) is 0.625. The van der Waals surface area contributed by atoms with Crippen LogP contribution < -0.4 is 5.43 Å². The van der Waals surface area contributed by atoms with E-state index >= 15 is 0 Å². The van der Waals surface area contributed by atoms with Gasteiger partial charge < -0.3 is 9.47 Å². The highest BCUT2D eigenvalue weighted by Crippen LogP contribution is 2.00. The number of carbonyl (C=O) groups is 2. The van der Waals surface area contributed by atoms with E-state index in [2.05, 4.69) is 20.0 Å². The summed E-state index contributed by atoms with van der Waals surface area (Å²) in [6, 6.07) is 0. The number of hydrazone groups is 1. The third-order valence-electron chi connectivity index (χ3n) is 1.69. The van der Waals surface area contributed by atoms with Crippen LogP contribution in [-0.2, 0) is 14.3 Å². The lowest BCUT2D eigenvalue weighted by molar-refractivity contribution is -0.142. The first-order valence-electron chi connectivity index (χ1n) is 3.98. The Morgan fingerprint density at radius 2 is 1.86 bits per heavy atom. The fourth-order valence-electron chi connectivity index (χ4n) is 0.624. The molecule has 0 radical (unpaired) electrons. The maximum absolute atomic E-state index is 11.0. The molecule has 0 aromatic heterocycles. The van der Waals surface area contributed by atoms with E-state index in [9.17, 15) is 9.59 Å². The van der Waals surface area contributed by atoms with Crippen molar-refractivity contribution in [1.82, 2.24) is 5.43 Å². The molecule has 0 aromatic carbocycles. The summed E-state index contributed by atoms with van der Waals surface area (Å²) in [5.74, 6) is -0.893. The molecule has 0 aliphatic heterocycles. The lowest BCUT2D eigenvalue weighted by atomic mass is 10.1. The van der Waals surface area contributed by atoms with E-state index in [0.29, 0.717) is 5.71 Å². The second-order valence-electron chi connectivity index (χ2n) is 2.60. The molecule has 1 N–H and O–H groups in total. The first kappa shape index (κ1) is 12.4. The third kappa shape index (κ3) is 3.88. The summed E-state index contributed by atoms with van der Waals surface area (Å²) in [5, 5.41) is 3.66. The van der Waals surface area contributed by atoms with Crippen molar-refractivity contribution < 1.29 is 19.1 Å². The Bertz CT molecular complexity index is 250. The highest BCUT2D eigenvalue weighted by atomic mass is 16.5. The number of carbonyl (C=O) groups excluding carboxylic acids is 2. The van der Waals surface area contributed by atoms with Gasteiger partial charge in [0.05, 0.1) is 20.1 Å². The Labute approximate surface area is 82.3 Å². The molecule has 80 valence electrons. The van der Waals surface area contributed by atoms with Crippen LogP contribution in [0.1, 0.15) is 13.8 Å². The van der Waals surface area contributed by atoms with Crippen molar-refractivity contribution in [3.05, 3.63) is 0 Å². The molecule has 0 bridgehead atoms. The zero-order valence-corrected chi connectivity index (χ0v) is 8.66. The molecule has 6 nitrogen and oxygen atoms in total. The molecule has 0 spiro atoms. The van der Waals surface area contributed by atoms with Gasteiger partial charge in [0.15, 0.2) is 0 Å². The second kappa shape index (κ2) is 5.95. The van der Waals surface area contributed by atoms with Crippen LogP contribution in [0.4, 0.5) is 4.79 Å². The van der Waals surface area contributed by atoms with Crippen LogP contribution in [0.3, 0.4) is 0 Å². The van der Waals surface area contributed by atoms with Crippen molar-refractivity contribution in [2.45, 2.75) is 13.8 Å². The molecule has 0 rings (SSSR count). The Morgan fingerprint density at radius 1 is 1.29 bits per heavy atom. The van der Waals surface area contributed by atoms with E-state index in [4.69, 9.17) is 0 Å². The van der Waals surface area contributed by atoms with E-state index in [1.807, 2.05) is 0 Å². The quantitative estimate of drug-likeness (QED) is 0.411. The number of esters is 1. The topological polar surface area (TPSA) is 77.0 Å². The van der Waals surface area contributed by atoms with Crippen LogP contribution in [0, 0.1) is 5.92 Å². The Kier molecular flexibility index (Phi) is 5.28. The van der Waals surface area contributed by atoms with E-state index in [1.54, 1.807) is 13.8 Å². The lowest BCUT2D eigenvalue weighted by Crippen LogP contribution is -2.25. The van der Waals surface area contributed by atoms with Gasteiger partial charge >= 0.3 is 12.1 Å². The minimum atomic E-state index is -0.679. The molecule has 0 saturated heterocycles. The minimum Gasteiger partial charge on any atom is -0.469 e. The molecular weight excluding hydrogens is 188 g/mol. The van der Waals surface area contributed by atoms with Crippen LogP contribution >= 0.6 is 0 Å². The summed E-state index contributed by atoms with van der Waals surface area (Å²) in [7, 11) is 2.52. The van der Waals surface area contributed by atoms with Crippen LogP contribution in [0.2, 0.25) is 0 Å². The minimum absolute atomic E-state index is 0.405. The van der Waals surface area contributed by atoms with Gasteiger partial charge in [-0.1, -0.05) is 0 Å². The maximum Gasteiger partial charge on any atom is 0.427 e. The molecule has 0 fully saturated rings. The monoisotopic (exact) mass is 202 g/mol. The third-order valence-corrected chi connectivity index (χ3v) is 1.69. The number of methoxy groups -OCH3 is 2. The normalized spacial score (nSPS) is 13.0. The van der Waals surface area contributed by atoms with Crippen molar-refractivity contribution >= 4 is 17.8 Å². The van der Waals surface area contributed by atoms with E-state index in [1.165, 1.54) is 14.2 Å². The SMILES string of the molecule is COC(=O)N/N=C(/C)C(C)C(=O)OC. The highest BCUT2D eigenvalue weighted by molar-refractivity contribution is 6.00. The summed E-state index contributed by atoms with van der Waals surface area (Å²) >= 11 is 0. The van der Waals surface area contributed by atoms with Crippen molar-refractivity contribution in [1.29, 1.82) is 0 Å². The zero-order valence-electron chi connectivity index (χ0n) is 8.66. The van der Waals surface area contributed by atoms with E-state index in [0.717, 1.165) is 0 Å². The van der Waals surface area contributed by atoms with E-state index < -0.39 is 18.0 Å². The maximum atomic E-state index is 11.0. The van der Waals surface area contributed by atoms with Crippen molar-refractivity contribution in [2.24, 2.45) is 11.0 Å². The van der Waals surface area contributed by atoms with Gasteiger partial charge in [0.2, 0.25) is 0 Å². The molecule has 6 heteroatoms. The first-order chi connectivity index (χ1) is 6.52. The molecular formula is C8H14N2O4. The Balaban J connectivity index is 4.23. The molecule has 0 heterocycles. The first-order valence-corrected chi connectivity index (χ1v) is 3.98. The highest BCUT2D eigenvalue weighted by Gasteiger charge is 2.16. The number of rotatable bonds is 3. The van der Waals surface area contributed by atoms with Gasteiger partial charge in [-0.05, 0) is 13.8 Å². The van der Waals surface area contributed by atoms with Gasteiger partial charge in [0.25, 0.3) is 0 Å². The van der Waals surface area contributed by atoms with Crippen molar-refractivity contribution in [2.75, 3.05) is 14.2 Å². The number of nitrogens with one attached hydrogen (secondary N) is 1.